The van der Waals surface area contributed by atoms with Gasteiger partial charge in [0, 0.05) is 10.6 Å². The van der Waals surface area contributed by atoms with Crippen LogP contribution in [0.2, 0.25) is 0 Å². The largest absolute Gasteiger partial charge is 0.462 e. The first kappa shape index (κ1) is 21.1. The summed E-state index contributed by atoms with van der Waals surface area (Å²) in [5, 5.41) is 2.74. The molecule has 1 aromatic carbocycles. The Balaban J connectivity index is 1.89. The molecule has 1 aromatic heterocycles. The van der Waals surface area contributed by atoms with E-state index in [1.54, 1.807) is 6.92 Å². The molecule has 0 radical (unpaired) electrons. The summed E-state index contributed by atoms with van der Waals surface area (Å²) < 4.78 is 37.9. The second-order valence-corrected chi connectivity index (χ2v) is 9.17. The Morgan fingerprint density at radius 1 is 1.14 bits per heavy atom. The van der Waals surface area contributed by atoms with E-state index >= 15 is 0 Å². The fourth-order valence-electron chi connectivity index (χ4n) is 3.12. The van der Waals surface area contributed by atoms with E-state index in [4.69, 9.17) is 4.74 Å². The fraction of sp³-hybridized carbons (Fsp3) is 0.368. The van der Waals surface area contributed by atoms with Crippen LogP contribution >= 0.6 is 11.3 Å². The van der Waals surface area contributed by atoms with Crippen molar-refractivity contribution < 1.29 is 27.5 Å². The van der Waals surface area contributed by atoms with Gasteiger partial charge in [-0.25, -0.2) is 18.0 Å². The maximum Gasteiger partial charge on any atom is 0.411 e. The van der Waals surface area contributed by atoms with E-state index in [2.05, 4.69) is 14.8 Å². The Hall–Kier alpha value is -2.59. The number of carbonyl (C=O) groups excluding carboxylic acids is 2. The number of aryl methyl sites for hydroxylation is 1. The molecule has 0 fully saturated rings. The van der Waals surface area contributed by atoms with E-state index in [0.29, 0.717) is 11.3 Å². The summed E-state index contributed by atoms with van der Waals surface area (Å²) in [7, 11) is -2.69. The van der Waals surface area contributed by atoms with Crippen molar-refractivity contribution in [2.75, 3.05) is 23.8 Å². The molecule has 3 rings (SSSR count). The summed E-state index contributed by atoms with van der Waals surface area (Å²) in [6.07, 6.45) is 2.87. The number of esters is 1. The molecule has 1 aliphatic rings. The lowest BCUT2D eigenvalue weighted by atomic mass is 9.95. The maximum absolute atomic E-state index is 12.9. The molecular weight excluding hydrogens is 416 g/mol. The number of hydrogen-bond acceptors (Lipinski definition) is 7. The van der Waals surface area contributed by atoms with Crippen molar-refractivity contribution >= 4 is 44.1 Å². The van der Waals surface area contributed by atoms with Gasteiger partial charge in [0.1, 0.15) is 5.00 Å². The molecule has 10 heteroatoms. The third kappa shape index (κ3) is 4.70. The van der Waals surface area contributed by atoms with Crippen molar-refractivity contribution in [3.8, 4) is 0 Å². The lowest BCUT2D eigenvalue weighted by Gasteiger charge is -2.12. The summed E-state index contributed by atoms with van der Waals surface area (Å²) >= 11 is 1.29. The Kier molecular flexibility index (Phi) is 6.43. The van der Waals surface area contributed by atoms with Gasteiger partial charge in [0.25, 0.3) is 10.0 Å². The summed E-state index contributed by atoms with van der Waals surface area (Å²) in [6, 6.07) is 5.64. The number of ether oxygens (including phenoxy) is 2. The van der Waals surface area contributed by atoms with E-state index in [-0.39, 0.29) is 16.5 Å². The van der Waals surface area contributed by atoms with Crippen LogP contribution < -0.4 is 10.0 Å². The van der Waals surface area contributed by atoms with Crippen molar-refractivity contribution in [1.82, 2.24) is 0 Å². The van der Waals surface area contributed by atoms with E-state index in [0.717, 1.165) is 36.1 Å². The Labute approximate surface area is 173 Å². The molecule has 156 valence electrons. The molecular formula is C19H22N2O6S2. The molecule has 0 aliphatic heterocycles. The fourth-order valence-corrected chi connectivity index (χ4v) is 5.71. The molecule has 0 unspecified atom stereocenters. The van der Waals surface area contributed by atoms with Crippen LogP contribution in [0.25, 0.3) is 0 Å². The Bertz CT molecular complexity index is 1010. The second-order valence-electron chi connectivity index (χ2n) is 6.38. The van der Waals surface area contributed by atoms with Crippen molar-refractivity contribution in [3.63, 3.8) is 0 Å². The van der Waals surface area contributed by atoms with Crippen LogP contribution in [0.5, 0.6) is 0 Å². The van der Waals surface area contributed by atoms with Crippen LogP contribution in [-0.2, 0) is 32.3 Å². The smallest absolute Gasteiger partial charge is 0.411 e. The minimum Gasteiger partial charge on any atom is -0.462 e. The van der Waals surface area contributed by atoms with Crippen molar-refractivity contribution in [2.24, 2.45) is 0 Å². The minimum atomic E-state index is -3.93. The molecule has 8 nitrogen and oxygen atoms in total. The molecule has 2 N–H and O–H groups in total. The quantitative estimate of drug-likeness (QED) is 0.664. The van der Waals surface area contributed by atoms with Gasteiger partial charge in [0.15, 0.2) is 0 Å². The Morgan fingerprint density at radius 2 is 1.83 bits per heavy atom. The lowest BCUT2D eigenvalue weighted by Crippen LogP contribution is -2.16. The van der Waals surface area contributed by atoms with E-state index < -0.39 is 22.1 Å². The molecule has 0 saturated heterocycles. The number of fused-ring (bicyclic) bond motifs is 1. The number of anilines is 2. The average molecular weight is 439 g/mol. The highest BCUT2D eigenvalue weighted by atomic mass is 32.2. The number of amides is 1. The highest BCUT2D eigenvalue weighted by Crippen LogP contribution is 2.39. The first-order chi connectivity index (χ1) is 13.9. The highest BCUT2D eigenvalue weighted by Gasteiger charge is 2.29. The predicted octanol–water partition coefficient (Wildman–Crippen LogP) is 3.78. The van der Waals surface area contributed by atoms with E-state index in [9.17, 15) is 18.0 Å². The van der Waals surface area contributed by atoms with Crippen molar-refractivity contribution in [3.05, 3.63) is 40.3 Å². The molecule has 1 amide bonds. The van der Waals surface area contributed by atoms with Gasteiger partial charge in [0.2, 0.25) is 0 Å². The van der Waals surface area contributed by atoms with Crippen LogP contribution in [0.1, 0.15) is 40.6 Å². The van der Waals surface area contributed by atoms with Gasteiger partial charge < -0.3 is 9.47 Å². The second kappa shape index (κ2) is 8.83. The van der Waals surface area contributed by atoms with Gasteiger partial charge in [-0.15, -0.1) is 11.3 Å². The van der Waals surface area contributed by atoms with E-state index in [1.165, 1.54) is 42.7 Å². The Morgan fingerprint density at radius 3 is 2.48 bits per heavy atom. The SMILES string of the molecule is CCOC(=O)c1c(NS(=O)(=O)c2ccc(NC(=O)OC)cc2)sc2c1CCCC2. The van der Waals surface area contributed by atoms with Gasteiger partial charge in [-0.2, -0.15) is 0 Å². The highest BCUT2D eigenvalue weighted by molar-refractivity contribution is 7.93. The van der Waals surface area contributed by atoms with Crippen molar-refractivity contribution in [2.45, 2.75) is 37.5 Å². The number of rotatable bonds is 6. The average Bonchev–Trinajstić information content (AvgIpc) is 3.05. The number of carbonyl (C=O) groups is 2. The summed E-state index contributed by atoms with van der Waals surface area (Å²) in [5.74, 6) is -0.512. The first-order valence-corrected chi connectivity index (χ1v) is 11.4. The topological polar surface area (TPSA) is 111 Å². The number of methoxy groups -OCH3 is 1. The summed E-state index contributed by atoms with van der Waals surface area (Å²) in [5.41, 5.74) is 1.60. The third-order valence-corrected chi connectivity index (χ3v) is 7.18. The molecule has 0 spiro atoms. The molecule has 1 heterocycles. The van der Waals surface area contributed by atoms with Crippen molar-refractivity contribution in [1.29, 1.82) is 0 Å². The third-order valence-electron chi connectivity index (χ3n) is 4.47. The number of thiophene rings is 1. The molecule has 1 aliphatic carbocycles. The standard InChI is InChI=1S/C19H22N2O6S2/c1-3-27-18(22)16-14-6-4-5-7-15(14)28-17(16)21-29(24,25)13-10-8-12(9-11-13)20-19(23)26-2/h8-11,21H,3-7H2,1-2H3,(H,20,23). The van der Waals surface area contributed by atoms with Gasteiger partial charge in [0.05, 0.1) is 24.2 Å². The normalized spacial score (nSPS) is 13.3. The number of benzene rings is 1. The zero-order valence-electron chi connectivity index (χ0n) is 16.1. The first-order valence-electron chi connectivity index (χ1n) is 9.15. The van der Waals surface area contributed by atoms with Crippen LogP contribution in [0, 0.1) is 0 Å². The van der Waals surface area contributed by atoms with Gasteiger partial charge >= 0.3 is 12.1 Å². The molecule has 0 atom stereocenters. The number of hydrogen-bond donors (Lipinski definition) is 2. The summed E-state index contributed by atoms with van der Waals surface area (Å²) in [4.78, 5) is 24.8. The lowest BCUT2D eigenvalue weighted by molar-refractivity contribution is 0.0526. The van der Waals surface area contributed by atoms with Gasteiger partial charge in [-0.3, -0.25) is 10.0 Å². The monoisotopic (exact) mass is 438 g/mol. The predicted molar refractivity (Wildman–Crippen MR) is 110 cm³/mol. The van der Waals surface area contributed by atoms with Gasteiger partial charge in [-0.05, 0) is 62.4 Å². The molecule has 0 saturated carbocycles. The maximum atomic E-state index is 12.9. The molecule has 0 bridgehead atoms. The number of sulfonamides is 1. The summed E-state index contributed by atoms with van der Waals surface area (Å²) in [6.45, 7) is 1.93. The molecule has 29 heavy (non-hydrogen) atoms. The zero-order valence-corrected chi connectivity index (χ0v) is 17.7. The molecule has 2 aromatic rings. The number of nitrogens with one attached hydrogen (secondary N) is 2. The van der Waals surface area contributed by atoms with E-state index in [1.807, 2.05) is 0 Å². The van der Waals surface area contributed by atoms with Gasteiger partial charge in [-0.1, -0.05) is 0 Å². The van der Waals surface area contributed by atoms with Crippen LogP contribution in [0.4, 0.5) is 15.5 Å². The minimum absolute atomic E-state index is 0.00842. The van der Waals surface area contributed by atoms with Crippen LogP contribution in [-0.4, -0.2) is 34.2 Å². The van der Waals surface area contributed by atoms with Crippen LogP contribution in [0.15, 0.2) is 29.2 Å². The van der Waals surface area contributed by atoms with Crippen LogP contribution in [0.3, 0.4) is 0 Å². The zero-order chi connectivity index (χ0) is 21.0.